The molecule has 0 unspecified atom stereocenters. The van der Waals surface area contributed by atoms with Crippen molar-refractivity contribution < 1.29 is 38.2 Å². The van der Waals surface area contributed by atoms with Crippen LogP contribution < -0.4 is 16.4 Å². The molecule has 0 radical (unpaired) electrons. The van der Waals surface area contributed by atoms with Gasteiger partial charge in [-0.05, 0) is 63.3 Å². The summed E-state index contributed by atoms with van der Waals surface area (Å²) >= 11 is 6.26. The van der Waals surface area contributed by atoms with Crippen LogP contribution in [0, 0.1) is 12.8 Å². The van der Waals surface area contributed by atoms with Crippen LogP contribution in [-0.2, 0) is 30.3 Å². The Morgan fingerprint density at radius 1 is 1.04 bits per heavy atom. The predicted octanol–water partition coefficient (Wildman–Crippen LogP) is 2.16. The number of likely N-dealkylation sites (N-methyl/N-ethyl adjacent to an activating group) is 2. The molecular weight excluding hydrogens is 634 g/mol. The summed E-state index contributed by atoms with van der Waals surface area (Å²) in [6.45, 7) is 11.8. The van der Waals surface area contributed by atoms with Crippen molar-refractivity contribution in [3.63, 3.8) is 0 Å². The monoisotopic (exact) mass is 679 g/mol. The Morgan fingerprint density at radius 2 is 1.66 bits per heavy atom. The van der Waals surface area contributed by atoms with Crippen LogP contribution in [0.2, 0.25) is 5.02 Å². The van der Waals surface area contributed by atoms with Crippen molar-refractivity contribution in [3.05, 3.63) is 34.7 Å². The fourth-order valence-corrected chi connectivity index (χ4v) is 5.00. The number of hydrogen-bond acceptors (Lipinski definition) is 10. The number of ether oxygens (including phenoxy) is 1. The summed E-state index contributed by atoms with van der Waals surface area (Å²) in [5.41, 5.74) is 5.95. The van der Waals surface area contributed by atoms with Gasteiger partial charge in [-0.15, -0.1) is 10.2 Å². The number of amides is 5. The van der Waals surface area contributed by atoms with E-state index in [9.17, 15) is 29.1 Å². The van der Waals surface area contributed by atoms with Crippen molar-refractivity contribution in [1.82, 2.24) is 30.6 Å². The van der Waals surface area contributed by atoms with E-state index in [0.717, 1.165) is 4.90 Å². The number of aromatic nitrogens is 2. The molecule has 16 heteroatoms. The second-order valence-corrected chi connectivity index (χ2v) is 13.0. The number of carbonyl (C=O) groups excluding carboxylic acids is 5. The lowest BCUT2D eigenvalue weighted by Gasteiger charge is -2.33. The Hall–Kier alpha value is -4.24. The number of alkyl carbamates (subject to hydrolysis) is 1. The fraction of sp³-hybridized carbons (Fsp3) is 0.581. The first-order valence-electron chi connectivity index (χ1n) is 15.1. The normalized spacial score (nSPS) is 14.0. The number of aliphatic hydroxyl groups is 1. The molecule has 0 fully saturated rings. The van der Waals surface area contributed by atoms with Gasteiger partial charge in [-0.3, -0.25) is 24.5 Å². The van der Waals surface area contributed by atoms with Crippen LogP contribution in [-0.4, -0.2) is 98.9 Å². The largest absolute Gasteiger partial charge is 0.444 e. The number of carbonyl (C=O) groups is 5. The van der Waals surface area contributed by atoms with Crippen molar-refractivity contribution in [3.8, 4) is 11.5 Å². The summed E-state index contributed by atoms with van der Waals surface area (Å²) in [7, 11) is 2.70. The topological polar surface area (TPSA) is 210 Å². The number of rotatable bonds is 14. The molecule has 0 aliphatic carbocycles. The molecule has 2 aromatic rings. The smallest absolute Gasteiger partial charge is 0.410 e. The highest BCUT2D eigenvalue weighted by molar-refractivity contribution is 6.30. The first-order valence-corrected chi connectivity index (χ1v) is 15.5. The van der Waals surface area contributed by atoms with E-state index < -0.39 is 59.7 Å². The van der Waals surface area contributed by atoms with E-state index >= 15 is 0 Å². The third kappa shape index (κ3) is 11.2. The van der Waals surface area contributed by atoms with Crippen LogP contribution in [0.1, 0.15) is 65.8 Å². The minimum Gasteiger partial charge on any atom is -0.444 e. The fourth-order valence-electron chi connectivity index (χ4n) is 4.80. The molecule has 260 valence electrons. The molecule has 0 aliphatic heterocycles. The summed E-state index contributed by atoms with van der Waals surface area (Å²) in [5.74, 6) is -2.58. The molecule has 1 aromatic heterocycles. The van der Waals surface area contributed by atoms with Crippen LogP contribution in [0.3, 0.4) is 0 Å². The highest BCUT2D eigenvalue weighted by atomic mass is 35.5. The van der Waals surface area contributed by atoms with Gasteiger partial charge in [0.2, 0.25) is 35.7 Å². The van der Waals surface area contributed by atoms with Crippen molar-refractivity contribution in [2.75, 3.05) is 14.1 Å². The molecule has 5 N–H and O–H groups in total. The van der Waals surface area contributed by atoms with Crippen molar-refractivity contribution in [2.45, 2.75) is 97.7 Å². The highest BCUT2D eigenvalue weighted by Gasteiger charge is 2.36. The maximum Gasteiger partial charge on any atom is 0.410 e. The van der Waals surface area contributed by atoms with Gasteiger partial charge < -0.3 is 35.1 Å². The predicted molar refractivity (Wildman–Crippen MR) is 173 cm³/mol. The van der Waals surface area contributed by atoms with Gasteiger partial charge in [-0.2, -0.15) is 0 Å². The Labute approximate surface area is 279 Å². The van der Waals surface area contributed by atoms with Gasteiger partial charge >= 0.3 is 6.09 Å². The zero-order valence-electron chi connectivity index (χ0n) is 28.3. The highest BCUT2D eigenvalue weighted by Crippen LogP contribution is 2.28. The Bertz CT molecular complexity index is 1440. The molecule has 47 heavy (non-hydrogen) atoms. The standard InChI is InChI=1S/C31H46ClN7O8/c1-10-22(38(8)29(44)26(42)35-30(45)47-31(5,6)7)25(41)34-21(13-16(2)3)28(43)39(9)23(24(33)40)15-18-14-19(32)11-12-20(18)27-37-36-17(4)46-27/h11-12,14,16,21-23,26,42H,10,13,15H2,1-9H3,(H2,33,40)(H,34,41)(H,35,45)/t21-,22-,23-,26-/m0/s1. The third-order valence-electron chi connectivity index (χ3n) is 7.09. The molecule has 4 atom stereocenters. The van der Waals surface area contributed by atoms with Crippen molar-refractivity contribution in [2.24, 2.45) is 11.7 Å². The molecule has 1 aromatic carbocycles. The zero-order chi connectivity index (χ0) is 35.8. The number of halogens is 1. The lowest BCUT2D eigenvalue weighted by Crippen LogP contribution is -2.59. The van der Waals surface area contributed by atoms with Gasteiger partial charge in [-0.1, -0.05) is 32.4 Å². The van der Waals surface area contributed by atoms with E-state index in [-0.39, 0.29) is 31.1 Å². The third-order valence-corrected chi connectivity index (χ3v) is 7.33. The lowest BCUT2D eigenvalue weighted by molar-refractivity contribution is -0.148. The number of aryl methyl sites for hydroxylation is 1. The molecule has 1 heterocycles. The van der Waals surface area contributed by atoms with Crippen LogP contribution in [0.5, 0.6) is 0 Å². The molecule has 0 saturated carbocycles. The maximum absolute atomic E-state index is 13.9. The minimum absolute atomic E-state index is 0.0470. The number of aliphatic hydroxyl groups excluding tert-OH is 1. The van der Waals surface area contributed by atoms with Gasteiger partial charge in [0.25, 0.3) is 5.91 Å². The van der Waals surface area contributed by atoms with E-state index in [1.165, 1.54) is 19.0 Å². The molecular formula is C31H46ClN7O8. The van der Waals surface area contributed by atoms with E-state index in [4.69, 9.17) is 26.5 Å². The molecule has 0 aliphatic rings. The van der Waals surface area contributed by atoms with Gasteiger partial charge in [-0.25, -0.2) is 4.79 Å². The maximum atomic E-state index is 13.9. The van der Waals surface area contributed by atoms with Gasteiger partial charge in [0.15, 0.2) is 0 Å². The first-order chi connectivity index (χ1) is 21.7. The number of nitrogens with zero attached hydrogens (tertiary/aromatic N) is 4. The Morgan fingerprint density at radius 3 is 2.17 bits per heavy atom. The van der Waals surface area contributed by atoms with Crippen molar-refractivity contribution >= 4 is 41.3 Å². The summed E-state index contributed by atoms with van der Waals surface area (Å²) in [6.07, 6.45) is -2.74. The van der Waals surface area contributed by atoms with Gasteiger partial charge in [0, 0.05) is 38.0 Å². The number of nitrogens with two attached hydrogens (primary N) is 1. The Kier molecular flexibility index (Phi) is 13.7. The SMILES string of the molecule is CC[C@@H](C(=O)N[C@@H](CC(C)C)C(=O)N(C)[C@@H](Cc1cc(Cl)ccc1-c1nnc(C)o1)C(N)=O)N(C)C(=O)[C@H](O)NC(=O)OC(C)(C)C. The van der Waals surface area contributed by atoms with Gasteiger partial charge in [0.1, 0.15) is 23.7 Å². The summed E-state index contributed by atoms with van der Waals surface area (Å²) in [4.78, 5) is 67.3. The summed E-state index contributed by atoms with van der Waals surface area (Å²) in [6, 6.07) is 1.52. The number of primary amides is 1. The minimum atomic E-state index is -1.99. The van der Waals surface area contributed by atoms with Gasteiger partial charge in [0.05, 0.1) is 0 Å². The average molecular weight is 680 g/mol. The zero-order valence-corrected chi connectivity index (χ0v) is 29.0. The van der Waals surface area contributed by atoms with Crippen LogP contribution in [0.15, 0.2) is 22.6 Å². The number of benzene rings is 1. The molecule has 15 nitrogen and oxygen atoms in total. The number of nitrogens with one attached hydrogen (secondary N) is 2. The lowest BCUT2D eigenvalue weighted by atomic mass is 9.97. The quantitative estimate of drug-likeness (QED) is 0.214. The second-order valence-electron chi connectivity index (χ2n) is 12.6. The van der Waals surface area contributed by atoms with Crippen molar-refractivity contribution in [1.29, 1.82) is 0 Å². The molecule has 0 saturated heterocycles. The van der Waals surface area contributed by atoms with Crippen LogP contribution >= 0.6 is 11.6 Å². The molecule has 0 spiro atoms. The number of hydrogen-bond donors (Lipinski definition) is 4. The van der Waals surface area contributed by atoms with E-state index in [1.807, 2.05) is 19.2 Å². The molecule has 0 bridgehead atoms. The molecule has 2 rings (SSSR count). The van der Waals surface area contributed by atoms with Crippen LogP contribution in [0.25, 0.3) is 11.5 Å². The molecule has 5 amide bonds. The Balaban J connectivity index is 2.28. The summed E-state index contributed by atoms with van der Waals surface area (Å²) in [5, 5.41) is 23.4. The average Bonchev–Trinajstić information content (AvgIpc) is 3.38. The van der Waals surface area contributed by atoms with E-state index in [1.54, 1.807) is 52.8 Å². The second kappa shape index (κ2) is 16.5. The van der Waals surface area contributed by atoms with E-state index in [2.05, 4.69) is 15.5 Å². The first kappa shape index (κ1) is 38.9. The summed E-state index contributed by atoms with van der Waals surface area (Å²) < 4.78 is 10.6. The van der Waals surface area contributed by atoms with Crippen LogP contribution in [0.4, 0.5) is 4.79 Å². The van der Waals surface area contributed by atoms with E-state index in [0.29, 0.717) is 22.0 Å².